The summed E-state index contributed by atoms with van der Waals surface area (Å²) >= 11 is 0. The second-order valence-corrected chi connectivity index (χ2v) is 5.45. The molecule has 1 aliphatic rings. The molecule has 6 heteroatoms. The molecule has 130 valence electrons. The lowest BCUT2D eigenvalue weighted by atomic mass is 10.1. The van der Waals surface area contributed by atoms with Crippen molar-refractivity contribution in [2.45, 2.75) is 26.7 Å². The van der Waals surface area contributed by atoms with Crippen LogP contribution in [-0.4, -0.2) is 77.2 Å². The fourth-order valence-electron chi connectivity index (χ4n) is 2.48. The van der Waals surface area contributed by atoms with Crippen molar-refractivity contribution >= 4 is 5.96 Å². The van der Waals surface area contributed by atoms with Gasteiger partial charge in [-0.3, -0.25) is 4.99 Å². The first-order chi connectivity index (χ1) is 10.8. The van der Waals surface area contributed by atoms with E-state index in [2.05, 4.69) is 17.1 Å². The maximum Gasteiger partial charge on any atom is 0.193 e. The molecule has 0 aliphatic carbocycles. The van der Waals surface area contributed by atoms with E-state index in [0.717, 1.165) is 64.8 Å². The van der Waals surface area contributed by atoms with E-state index in [1.54, 1.807) is 7.11 Å². The van der Waals surface area contributed by atoms with Gasteiger partial charge in [0.2, 0.25) is 0 Å². The summed E-state index contributed by atoms with van der Waals surface area (Å²) in [4.78, 5) is 7.04. The molecule has 0 radical (unpaired) electrons. The van der Waals surface area contributed by atoms with E-state index in [-0.39, 0.29) is 0 Å². The van der Waals surface area contributed by atoms with Gasteiger partial charge in [0.1, 0.15) is 0 Å². The molecule has 1 unspecified atom stereocenters. The van der Waals surface area contributed by atoms with Gasteiger partial charge in [0, 0.05) is 52.4 Å². The highest BCUT2D eigenvalue weighted by Crippen LogP contribution is 2.16. The molecule has 1 atom stereocenters. The second-order valence-electron chi connectivity index (χ2n) is 5.45. The molecular formula is C16H33N3O3. The van der Waals surface area contributed by atoms with Crippen LogP contribution in [0.5, 0.6) is 0 Å². The van der Waals surface area contributed by atoms with Crippen LogP contribution in [-0.2, 0) is 14.2 Å². The molecule has 1 saturated heterocycles. The average Bonchev–Trinajstić information content (AvgIpc) is 2.99. The third kappa shape index (κ3) is 7.96. The van der Waals surface area contributed by atoms with Crippen molar-refractivity contribution in [2.24, 2.45) is 10.9 Å². The van der Waals surface area contributed by atoms with E-state index < -0.39 is 0 Å². The molecule has 0 bridgehead atoms. The highest BCUT2D eigenvalue weighted by atomic mass is 16.5. The first kappa shape index (κ1) is 19.2. The summed E-state index contributed by atoms with van der Waals surface area (Å²) in [5, 5.41) is 3.39. The second kappa shape index (κ2) is 12.7. The molecule has 22 heavy (non-hydrogen) atoms. The Kier molecular flexibility index (Phi) is 11.1. The summed E-state index contributed by atoms with van der Waals surface area (Å²) in [6.07, 6.45) is 2.14. The lowest BCUT2D eigenvalue weighted by Crippen LogP contribution is -2.40. The van der Waals surface area contributed by atoms with Crippen LogP contribution in [0.1, 0.15) is 26.7 Å². The summed E-state index contributed by atoms with van der Waals surface area (Å²) in [5.41, 5.74) is 0. The number of nitrogens with one attached hydrogen (secondary N) is 1. The molecule has 0 spiro atoms. The number of guanidine groups is 1. The zero-order chi connectivity index (χ0) is 16.0. The quantitative estimate of drug-likeness (QED) is 0.354. The lowest BCUT2D eigenvalue weighted by molar-refractivity contribution is 0.0536. The monoisotopic (exact) mass is 315 g/mol. The molecule has 6 nitrogen and oxygen atoms in total. The van der Waals surface area contributed by atoms with Gasteiger partial charge in [-0.25, -0.2) is 0 Å². The Balaban J connectivity index is 2.30. The molecule has 1 rings (SSSR count). The number of rotatable bonds is 11. The number of ether oxygens (including phenoxy) is 3. The number of likely N-dealkylation sites (tertiary alicyclic amines) is 1. The van der Waals surface area contributed by atoms with Gasteiger partial charge in [-0.05, 0) is 26.7 Å². The first-order valence-corrected chi connectivity index (χ1v) is 8.49. The Morgan fingerprint density at radius 3 is 2.82 bits per heavy atom. The van der Waals surface area contributed by atoms with E-state index in [1.165, 1.54) is 0 Å². The first-order valence-electron chi connectivity index (χ1n) is 8.49. The fourth-order valence-corrected chi connectivity index (χ4v) is 2.48. The van der Waals surface area contributed by atoms with Gasteiger partial charge < -0.3 is 24.4 Å². The third-order valence-corrected chi connectivity index (χ3v) is 3.62. The predicted molar refractivity (Wildman–Crippen MR) is 89.5 cm³/mol. The minimum absolute atomic E-state index is 0.587. The summed E-state index contributed by atoms with van der Waals surface area (Å²) < 4.78 is 16.0. The highest BCUT2D eigenvalue weighted by molar-refractivity contribution is 5.80. The molecule has 1 heterocycles. The Morgan fingerprint density at radius 1 is 1.23 bits per heavy atom. The molecule has 0 amide bonds. The van der Waals surface area contributed by atoms with Gasteiger partial charge in [0.15, 0.2) is 5.96 Å². The van der Waals surface area contributed by atoms with Crippen LogP contribution < -0.4 is 5.32 Å². The average molecular weight is 315 g/mol. The maximum absolute atomic E-state index is 5.64. The normalized spacial score (nSPS) is 19.0. The van der Waals surface area contributed by atoms with E-state index in [4.69, 9.17) is 19.2 Å². The van der Waals surface area contributed by atoms with Crippen LogP contribution >= 0.6 is 0 Å². The fraction of sp³-hybridized carbons (Fsp3) is 0.938. The number of nitrogens with zero attached hydrogens (tertiary/aromatic N) is 2. The smallest absolute Gasteiger partial charge is 0.193 e. The maximum atomic E-state index is 5.64. The summed E-state index contributed by atoms with van der Waals surface area (Å²) in [5.74, 6) is 1.61. The van der Waals surface area contributed by atoms with Gasteiger partial charge in [0.05, 0.1) is 19.8 Å². The van der Waals surface area contributed by atoms with Crippen molar-refractivity contribution in [3.05, 3.63) is 0 Å². The summed E-state index contributed by atoms with van der Waals surface area (Å²) in [7, 11) is 1.70. The topological polar surface area (TPSA) is 55.3 Å². The van der Waals surface area contributed by atoms with E-state index in [9.17, 15) is 0 Å². The Bertz CT molecular complexity index is 300. The minimum atomic E-state index is 0.587. The third-order valence-electron chi connectivity index (χ3n) is 3.62. The van der Waals surface area contributed by atoms with Crippen LogP contribution in [0.3, 0.4) is 0 Å². The molecule has 1 fully saturated rings. The van der Waals surface area contributed by atoms with Crippen LogP contribution in [0.4, 0.5) is 0 Å². The summed E-state index contributed by atoms with van der Waals surface area (Å²) in [6, 6.07) is 0. The zero-order valence-corrected chi connectivity index (χ0v) is 14.5. The van der Waals surface area contributed by atoms with Gasteiger partial charge in [0.25, 0.3) is 0 Å². The Labute approximate surface area is 135 Å². The van der Waals surface area contributed by atoms with E-state index in [1.807, 2.05) is 6.92 Å². The largest absolute Gasteiger partial charge is 0.382 e. The van der Waals surface area contributed by atoms with Crippen molar-refractivity contribution < 1.29 is 14.2 Å². The van der Waals surface area contributed by atoms with Gasteiger partial charge in [-0.2, -0.15) is 0 Å². The zero-order valence-electron chi connectivity index (χ0n) is 14.5. The van der Waals surface area contributed by atoms with Crippen molar-refractivity contribution in [2.75, 3.05) is 66.3 Å². The van der Waals surface area contributed by atoms with E-state index >= 15 is 0 Å². The standard InChI is InChI=1S/C16H33N3O3/c1-4-17-16(18-8-6-10-21-5-2)19-9-7-15(13-19)14-22-12-11-20-3/h15H,4-14H2,1-3H3,(H,17,18). The van der Waals surface area contributed by atoms with Crippen LogP contribution in [0.15, 0.2) is 4.99 Å². The molecule has 0 aromatic carbocycles. The highest BCUT2D eigenvalue weighted by Gasteiger charge is 2.24. The number of aliphatic imine (C=N–C) groups is 1. The van der Waals surface area contributed by atoms with Gasteiger partial charge in [-0.15, -0.1) is 0 Å². The molecule has 0 aromatic rings. The van der Waals surface area contributed by atoms with Crippen molar-refractivity contribution in [3.63, 3.8) is 0 Å². The molecule has 0 aromatic heterocycles. The van der Waals surface area contributed by atoms with Crippen molar-refractivity contribution in [1.82, 2.24) is 10.2 Å². The lowest BCUT2D eigenvalue weighted by Gasteiger charge is -2.21. The van der Waals surface area contributed by atoms with E-state index in [0.29, 0.717) is 19.1 Å². The molecule has 1 N–H and O–H groups in total. The van der Waals surface area contributed by atoms with Crippen LogP contribution in [0.25, 0.3) is 0 Å². The molecular weight excluding hydrogens is 282 g/mol. The molecule has 0 saturated carbocycles. The number of hydrogen-bond acceptors (Lipinski definition) is 4. The van der Waals surface area contributed by atoms with Gasteiger partial charge in [-0.1, -0.05) is 0 Å². The van der Waals surface area contributed by atoms with Gasteiger partial charge >= 0.3 is 0 Å². The van der Waals surface area contributed by atoms with Crippen LogP contribution in [0, 0.1) is 5.92 Å². The Hall–Kier alpha value is -0.850. The number of methoxy groups -OCH3 is 1. The molecule has 1 aliphatic heterocycles. The predicted octanol–water partition coefficient (Wildman–Crippen LogP) is 1.36. The minimum Gasteiger partial charge on any atom is -0.382 e. The van der Waals surface area contributed by atoms with Crippen LogP contribution in [0.2, 0.25) is 0 Å². The van der Waals surface area contributed by atoms with Crippen molar-refractivity contribution in [1.29, 1.82) is 0 Å². The SMILES string of the molecule is CCNC(=NCCCOCC)N1CCC(COCCOC)C1. The van der Waals surface area contributed by atoms with Crippen molar-refractivity contribution in [3.8, 4) is 0 Å². The number of hydrogen-bond donors (Lipinski definition) is 1. The Morgan fingerprint density at radius 2 is 2.09 bits per heavy atom. The summed E-state index contributed by atoms with van der Waals surface area (Å²) in [6.45, 7) is 11.6.